The molecule has 1 nitrogen and oxygen atoms in total. The van der Waals surface area contributed by atoms with Crippen LogP contribution in [0.2, 0.25) is 0 Å². The van der Waals surface area contributed by atoms with Crippen molar-refractivity contribution in [1.82, 2.24) is 0 Å². The molecule has 0 saturated heterocycles. The maximum Gasteiger partial charge on any atom is 0.0467 e. The Hall–Kier alpha value is -7.48. The SMILES string of the molecule is c1ccc(-c2ccc(-c3ccc(N(c4ccc(-c5c(-c6ccccc6)ccc6ccccc56)cc4)c4cccc(-c5cccc6ccccc56)c4)cc3)cc2)cc1. The van der Waals surface area contributed by atoms with Crippen molar-refractivity contribution in [2.75, 3.05) is 4.90 Å². The van der Waals surface area contributed by atoms with E-state index >= 15 is 0 Å². The number of hydrogen-bond donors (Lipinski definition) is 0. The monoisotopic (exact) mass is 725 g/mol. The Balaban J connectivity index is 1.07. The van der Waals surface area contributed by atoms with Gasteiger partial charge in [0.15, 0.2) is 0 Å². The number of rotatable bonds is 8. The molecule has 0 unspecified atom stereocenters. The molecule has 57 heavy (non-hydrogen) atoms. The predicted octanol–water partition coefficient (Wildman–Crippen LogP) is 15.8. The normalized spacial score (nSPS) is 11.2. The lowest BCUT2D eigenvalue weighted by atomic mass is 9.89. The molecule has 0 fully saturated rings. The van der Waals surface area contributed by atoms with E-state index in [2.05, 4.69) is 241 Å². The fourth-order valence-corrected chi connectivity index (χ4v) is 8.24. The second-order valence-corrected chi connectivity index (χ2v) is 14.5. The molecule has 0 radical (unpaired) electrons. The molecule has 0 spiro atoms. The van der Waals surface area contributed by atoms with E-state index in [9.17, 15) is 0 Å². The van der Waals surface area contributed by atoms with E-state index in [4.69, 9.17) is 0 Å². The lowest BCUT2D eigenvalue weighted by molar-refractivity contribution is 1.28. The molecule has 10 aromatic rings. The van der Waals surface area contributed by atoms with Gasteiger partial charge in [0.05, 0.1) is 0 Å². The zero-order valence-electron chi connectivity index (χ0n) is 31.5. The third kappa shape index (κ3) is 6.66. The van der Waals surface area contributed by atoms with Gasteiger partial charge in [-0.15, -0.1) is 0 Å². The lowest BCUT2D eigenvalue weighted by Gasteiger charge is -2.27. The summed E-state index contributed by atoms with van der Waals surface area (Å²) in [6.07, 6.45) is 0. The van der Waals surface area contributed by atoms with E-state index in [1.165, 1.54) is 77.2 Å². The molecule has 0 amide bonds. The molecule has 0 N–H and O–H groups in total. The minimum atomic E-state index is 1.09. The van der Waals surface area contributed by atoms with Crippen LogP contribution in [0.3, 0.4) is 0 Å². The van der Waals surface area contributed by atoms with Crippen LogP contribution in [0.25, 0.3) is 77.2 Å². The molecule has 0 aromatic heterocycles. The molecule has 10 aromatic carbocycles. The fraction of sp³-hybridized carbons (Fsp3) is 0. The third-order valence-electron chi connectivity index (χ3n) is 11.1. The van der Waals surface area contributed by atoms with Crippen molar-refractivity contribution in [3.05, 3.63) is 237 Å². The van der Waals surface area contributed by atoms with Crippen molar-refractivity contribution >= 4 is 38.6 Å². The van der Waals surface area contributed by atoms with Gasteiger partial charge >= 0.3 is 0 Å². The van der Waals surface area contributed by atoms with E-state index in [1.807, 2.05) is 0 Å². The van der Waals surface area contributed by atoms with Crippen molar-refractivity contribution in [2.24, 2.45) is 0 Å². The Bertz CT molecular complexity index is 2960. The highest BCUT2D eigenvalue weighted by Crippen LogP contribution is 2.42. The summed E-state index contributed by atoms with van der Waals surface area (Å²) in [4.78, 5) is 2.38. The molecule has 0 aliphatic heterocycles. The Morgan fingerprint density at radius 3 is 1.33 bits per heavy atom. The van der Waals surface area contributed by atoms with Gasteiger partial charge in [-0.3, -0.25) is 0 Å². The minimum Gasteiger partial charge on any atom is -0.310 e. The number of benzene rings is 10. The summed E-state index contributed by atoms with van der Waals surface area (Å²) in [6, 6.07) is 85.6. The van der Waals surface area contributed by atoms with Gasteiger partial charge in [0, 0.05) is 17.1 Å². The summed E-state index contributed by atoms with van der Waals surface area (Å²) in [7, 11) is 0. The quantitative estimate of drug-likeness (QED) is 0.151. The summed E-state index contributed by atoms with van der Waals surface area (Å²) < 4.78 is 0. The number of anilines is 3. The van der Waals surface area contributed by atoms with E-state index < -0.39 is 0 Å². The molecule has 10 rings (SSSR count). The average Bonchev–Trinajstić information content (AvgIpc) is 3.30. The maximum atomic E-state index is 2.38. The highest BCUT2D eigenvalue weighted by atomic mass is 15.1. The number of nitrogens with zero attached hydrogens (tertiary/aromatic N) is 1. The average molecular weight is 726 g/mol. The highest BCUT2D eigenvalue weighted by Gasteiger charge is 2.17. The van der Waals surface area contributed by atoms with Crippen LogP contribution >= 0.6 is 0 Å². The van der Waals surface area contributed by atoms with Gasteiger partial charge in [0.1, 0.15) is 0 Å². The standard InChI is InChI=1S/C56H39N/c1-3-13-40(14-4-1)41-25-27-42(28-26-41)43-29-34-49(35-30-43)57(51-21-11-20-48(39-51)53-24-12-19-44-17-7-9-22-52(44)53)50-36-31-47(32-37-50)56-54-23-10-8-18-46(54)33-38-55(56)45-15-5-2-6-16-45/h1-39H. The predicted molar refractivity (Wildman–Crippen MR) is 243 cm³/mol. The van der Waals surface area contributed by atoms with Gasteiger partial charge in [-0.25, -0.2) is 0 Å². The number of hydrogen-bond acceptors (Lipinski definition) is 1. The zero-order valence-corrected chi connectivity index (χ0v) is 31.5. The summed E-state index contributed by atoms with van der Waals surface area (Å²) in [5.74, 6) is 0. The molecule has 0 heterocycles. The van der Waals surface area contributed by atoms with Crippen molar-refractivity contribution in [1.29, 1.82) is 0 Å². The molecule has 0 bridgehead atoms. The molecule has 268 valence electrons. The molecule has 1 heteroatoms. The van der Waals surface area contributed by atoms with Gasteiger partial charge in [-0.05, 0) is 114 Å². The van der Waals surface area contributed by atoms with E-state index in [0.717, 1.165) is 17.1 Å². The lowest BCUT2D eigenvalue weighted by Crippen LogP contribution is -2.10. The van der Waals surface area contributed by atoms with Gasteiger partial charge < -0.3 is 4.90 Å². The summed E-state index contributed by atoms with van der Waals surface area (Å²) in [5.41, 5.74) is 15.4. The van der Waals surface area contributed by atoms with E-state index in [-0.39, 0.29) is 0 Å². The van der Waals surface area contributed by atoms with Crippen LogP contribution in [0.15, 0.2) is 237 Å². The first-order valence-electron chi connectivity index (χ1n) is 19.6. The maximum absolute atomic E-state index is 2.38. The Morgan fingerprint density at radius 2 is 0.684 bits per heavy atom. The van der Waals surface area contributed by atoms with Crippen LogP contribution in [0.1, 0.15) is 0 Å². The molecule has 0 saturated carbocycles. The molecule has 0 aliphatic rings. The first kappa shape index (κ1) is 34.0. The minimum absolute atomic E-state index is 1.09. The first-order chi connectivity index (χ1) is 28.3. The summed E-state index contributed by atoms with van der Waals surface area (Å²) in [6.45, 7) is 0. The van der Waals surface area contributed by atoms with Gasteiger partial charge in [0.2, 0.25) is 0 Å². The van der Waals surface area contributed by atoms with Crippen molar-refractivity contribution in [3.8, 4) is 55.6 Å². The highest BCUT2D eigenvalue weighted by molar-refractivity contribution is 6.04. The van der Waals surface area contributed by atoms with Gasteiger partial charge in [-0.1, -0.05) is 200 Å². The Kier molecular flexibility index (Phi) is 8.95. The van der Waals surface area contributed by atoms with E-state index in [1.54, 1.807) is 0 Å². The first-order valence-corrected chi connectivity index (χ1v) is 19.6. The summed E-state index contributed by atoms with van der Waals surface area (Å²) in [5, 5.41) is 4.97. The van der Waals surface area contributed by atoms with Crippen LogP contribution in [0, 0.1) is 0 Å². The third-order valence-corrected chi connectivity index (χ3v) is 11.1. The molecular weight excluding hydrogens is 687 g/mol. The van der Waals surface area contributed by atoms with Gasteiger partial charge in [0.25, 0.3) is 0 Å². The molecule has 0 aliphatic carbocycles. The van der Waals surface area contributed by atoms with Crippen LogP contribution in [-0.4, -0.2) is 0 Å². The van der Waals surface area contributed by atoms with Crippen LogP contribution in [-0.2, 0) is 0 Å². The Labute approximate surface area is 334 Å². The topological polar surface area (TPSA) is 3.24 Å². The summed E-state index contributed by atoms with van der Waals surface area (Å²) >= 11 is 0. The van der Waals surface area contributed by atoms with Crippen LogP contribution < -0.4 is 4.90 Å². The molecule has 0 atom stereocenters. The fourth-order valence-electron chi connectivity index (χ4n) is 8.24. The largest absolute Gasteiger partial charge is 0.310 e. The molecular formula is C56H39N. The Morgan fingerprint density at radius 1 is 0.228 bits per heavy atom. The van der Waals surface area contributed by atoms with Gasteiger partial charge in [-0.2, -0.15) is 0 Å². The smallest absolute Gasteiger partial charge is 0.0467 e. The number of fused-ring (bicyclic) bond motifs is 2. The van der Waals surface area contributed by atoms with Crippen molar-refractivity contribution < 1.29 is 0 Å². The second kappa shape index (κ2) is 15.0. The van der Waals surface area contributed by atoms with E-state index in [0.29, 0.717) is 0 Å². The van der Waals surface area contributed by atoms with Crippen LogP contribution in [0.5, 0.6) is 0 Å². The van der Waals surface area contributed by atoms with Crippen molar-refractivity contribution in [3.63, 3.8) is 0 Å². The zero-order chi connectivity index (χ0) is 38.0. The van der Waals surface area contributed by atoms with Crippen molar-refractivity contribution in [2.45, 2.75) is 0 Å². The van der Waals surface area contributed by atoms with Crippen LogP contribution in [0.4, 0.5) is 17.1 Å². The second-order valence-electron chi connectivity index (χ2n) is 14.5.